The lowest BCUT2D eigenvalue weighted by Gasteiger charge is -2.12. The van der Waals surface area contributed by atoms with E-state index in [0.29, 0.717) is 33.4 Å². The molecule has 6 heterocycles. The van der Waals surface area contributed by atoms with Gasteiger partial charge in [0.05, 0.1) is 28.0 Å². The minimum absolute atomic E-state index is 0.0355. The molecule has 0 aliphatic carbocycles. The first-order valence-corrected chi connectivity index (χ1v) is 21.1. The van der Waals surface area contributed by atoms with Gasteiger partial charge in [0.2, 0.25) is 11.8 Å². The average molecular weight is 979 g/mol. The van der Waals surface area contributed by atoms with E-state index in [0.717, 1.165) is 21.8 Å². The van der Waals surface area contributed by atoms with Crippen LogP contribution in [0.1, 0.15) is 0 Å². The van der Waals surface area contributed by atoms with E-state index in [2.05, 4.69) is 30.4 Å². The highest BCUT2D eigenvalue weighted by molar-refractivity contribution is 6.58. The molecule has 4 N–H and O–H groups in total. The van der Waals surface area contributed by atoms with Crippen LogP contribution in [0.5, 0.6) is 23.3 Å². The third kappa shape index (κ3) is 10.8. The summed E-state index contributed by atoms with van der Waals surface area (Å²) in [7, 11) is 2.15. The Morgan fingerprint density at radius 1 is 0.586 bits per heavy atom. The van der Waals surface area contributed by atoms with Crippen LogP contribution in [0.3, 0.4) is 0 Å². The Bertz CT molecular complexity index is 3630. The third-order valence-electron chi connectivity index (χ3n) is 10.1. The number of benzene rings is 4. The van der Waals surface area contributed by atoms with Gasteiger partial charge in [-0.3, -0.25) is 19.0 Å². The lowest BCUT2D eigenvalue weighted by Crippen LogP contribution is -2.29. The van der Waals surface area contributed by atoms with Crippen LogP contribution in [0.25, 0.3) is 66.4 Å². The molecule has 18 nitrogen and oxygen atoms in total. The highest BCUT2D eigenvalue weighted by Gasteiger charge is 2.19. The smallest absolute Gasteiger partial charge is 0.488 e. The van der Waals surface area contributed by atoms with Crippen LogP contribution in [-0.2, 0) is 14.1 Å². The Morgan fingerprint density at radius 3 is 1.51 bits per heavy atom. The maximum Gasteiger partial charge on any atom is 0.488 e. The fourth-order valence-corrected chi connectivity index (χ4v) is 7.18. The molecule has 70 heavy (non-hydrogen) atoms. The van der Waals surface area contributed by atoms with Gasteiger partial charge in [-0.2, -0.15) is 29.8 Å². The summed E-state index contributed by atoms with van der Waals surface area (Å²) < 4.78 is 65.4. The molecule has 0 aliphatic heterocycles. The van der Waals surface area contributed by atoms with Crippen molar-refractivity contribution in [3.8, 4) is 45.8 Å². The summed E-state index contributed by atoms with van der Waals surface area (Å²) >= 11 is 6.18. The van der Waals surface area contributed by atoms with Crippen molar-refractivity contribution in [1.29, 1.82) is 0 Å². The van der Waals surface area contributed by atoms with Crippen LogP contribution >= 0.6 is 11.6 Å². The molecule has 0 unspecified atom stereocenters. The van der Waals surface area contributed by atoms with Crippen LogP contribution in [0.2, 0.25) is 5.02 Å². The number of halogens is 5. The van der Waals surface area contributed by atoms with Crippen LogP contribution in [0.4, 0.5) is 17.6 Å². The number of alkyl halides is 4. The topological polar surface area (TPSA) is 231 Å². The van der Waals surface area contributed by atoms with E-state index in [-0.39, 0.29) is 44.9 Å². The van der Waals surface area contributed by atoms with E-state index in [1.807, 2.05) is 19.4 Å². The number of fused-ring (bicyclic) bond motifs is 4. The van der Waals surface area contributed by atoms with E-state index in [9.17, 15) is 32.3 Å². The molecular formula is C46H36BClF4N10O8. The van der Waals surface area contributed by atoms with E-state index >= 15 is 0 Å². The molecule has 0 radical (unpaired) electrons. The number of rotatable bonds is 10. The van der Waals surface area contributed by atoms with Gasteiger partial charge in [0.15, 0.2) is 13.2 Å². The summed E-state index contributed by atoms with van der Waals surface area (Å²) in [6, 6.07) is 28.2. The maximum atomic E-state index is 13.6. The Morgan fingerprint density at radius 2 is 1.03 bits per heavy atom. The molecule has 0 amide bonds. The van der Waals surface area contributed by atoms with E-state index < -0.39 is 44.3 Å². The average Bonchev–Trinajstić information content (AvgIpc) is 3.91. The van der Waals surface area contributed by atoms with Crippen molar-refractivity contribution >= 4 is 68.1 Å². The van der Waals surface area contributed by atoms with Crippen LogP contribution in [-0.4, -0.2) is 103 Å². The molecule has 0 bridgehead atoms. The highest BCUT2D eigenvalue weighted by Crippen LogP contribution is 2.28. The molecule has 0 fully saturated rings. The van der Waals surface area contributed by atoms with Crippen molar-refractivity contribution in [2.45, 2.75) is 12.9 Å². The Hall–Kier alpha value is -8.41. The number of aromatic hydroxyl groups is 2. The van der Waals surface area contributed by atoms with Crippen molar-refractivity contribution in [1.82, 2.24) is 49.1 Å². The first kappa shape index (κ1) is 48.1. The Kier molecular flexibility index (Phi) is 14.0. The zero-order valence-electron chi connectivity index (χ0n) is 36.5. The highest BCUT2D eigenvalue weighted by atomic mass is 35.5. The van der Waals surface area contributed by atoms with Crippen molar-refractivity contribution in [3.63, 3.8) is 0 Å². The SMILES string of the molecule is Cn1cc2cc(-n3nc4ccc(OCC(F)F)nc4c(-c4ccc(O)cc4)c3=O)ccc2n1.Cn1cc2cc(-n3nc4ccc(OCC(F)F)nc4c(Cl)c3=O)ccc2n1.OB(O)c1ccc(O)cc1. The second kappa shape index (κ2) is 20.4. The van der Waals surface area contributed by atoms with Gasteiger partial charge < -0.3 is 29.7 Å². The van der Waals surface area contributed by atoms with Crippen molar-refractivity contribution < 1.29 is 47.3 Å². The number of pyridine rings is 2. The number of aromatic nitrogens is 10. The van der Waals surface area contributed by atoms with Gasteiger partial charge in [-0.05, 0) is 83.8 Å². The maximum absolute atomic E-state index is 13.6. The van der Waals surface area contributed by atoms with Crippen molar-refractivity contribution in [3.05, 3.63) is 147 Å². The summed E-state index contributed by atoms with van der Waals surface area (Å²) in [4.78, 5) is 34.6. The zero-order chi connectivity index (χ0) is 49.8. The molecule has 6 aromatic heterocycles. The van der Waals surface area contributed by atoms with Gasteiger partial charge in [0.25, 0.3) is 24.0 Å². The molecule has 10 aromatic rings. The van der Waals surface area contributed by atoms with Gasteiger partial charge >= 0.3 is 7.12 Å². The molecule has 0 saturated carbocycles. The third-order valence-corrected chi connectivity index (χ3v) is 10.4. The summed E-state index contributed by atoms with van der Waals surface area (Å²) in [5, 5.41) is 54.5. The summed E-state index contributed by atoms with van der Waals surface area (Å²) in [6.07, 6.45) is -1.64. The predicted molar refractivity (Wildman–Crippen MR) is 252 cm³/mol. The molecular weight excluding hydrogens is 943 g/mol. The minimum Gasteiger partial charge on any atom is -0.508 e. The fraction of sp³-hybridized carbons (Fsp3) is 0.130. The first-order chi connectivity index (χ1) is 33.5. The van der Waals surface area contributed by atoms with Crippen LogP contribution < -0.4 is 26.1 Å². The standard InChI is InChI=1S/C23H17F2N5O3.C17H12ClF2N5O2.C6H7BO3/c1-29-11-14-10-15(4-7-17(14)27-29)30-23(32)21(13-2-5-16(31)6-3-13)22-18(28-30)8-9-20(26-22)33-12-19(24)25;1-24-7-9-6-10(2-3-11(9)22-24)25-17(26)15(18)16-12(23-25)4-5-14(21-16)27-8-13(19)20;8-6-3-1-5(2-4-6)7(9)10/h2-11,19,31H,12H2,1H3;2-7,13H,8H2,1H3;1-4,8-10H. The second-order valence-electron chi connectivity index (χ2n) is 15.2. The number of hydrogen-bond acceptors (Lipinski definition) is 14. The monoisotopic (exact) mass is 978 g/mol. The number of nitrogens with zero attached hydrogens (tertiary/aromatic N) is 10. The lowest BCUT2D eigenvalue weighted by molar-refractivity contribution is 0.0796. The molecule has 356 valence electrons. The second-order valence-corrected chi connectivity index (χ2v) is 15.5. The summed E-state index contributed by atoms with van der Waals surface area (Å²) in [6.45, 7) is -1.62. The van der Waals surface area contributed by atoms with Crippen molar-refractivity contribution in [2.75, 3.05) is 13.2 Å². The summed E-state index contributed by atoms with van der Waals surface area (Å²) in [5.41, 5.74) is 3.61. The van der Waals surface area contributed by atoms with Gasteiger partial charge in [0, 0.05) is 49.4 Å². The molecule has 0 aliphatic rings. The Balaban J connectivity index is 0.000000160. The van der Waals surface area contributed by atoms with E-state index in [1.54, 1.807) is 71.0 Å². The zero-order valence-corrected chi connectivity index (χ0v) is 37.2. The van der Waals surface area contributed by atoms with Gasteiger partial charge in [-0.1, -0.05) is 35.9 Å². The molecule has 0 atom stereocenters. The fourth-order valence-electron chi connectivity index (χ4n) is 6.96. The Labute approximate surface area is 396 Å². The number of phenols is 2. The van der Waals surface area contributed by atoms with Gasteiger partial charge in [-0.15, -0.1) is 0 Å². The van der Waals surface area contributed by atoms with Crippen LogP contribution in [0, 0.1) is 0 Å². The minimum atomic E-state index is -2.66. The largest absolute Gasteiger partial charge is 0.508 e. The molecule has 0 saturated heterocycles. The number of phenolic OH excluding ortho intramolecular Hbond substituents is 2. The van der Waals surface area contributed by atoms with Gasteiger partial charge in [-0.25, -0.2) is 27.5 Å². The normalized spacial score (nSPS) is 11.2. The summed E-state index contributed by atoms with van der Waals surface area (Å²) in [5.74, 6) is 0.0526. The van der Waals surface area contributed by atoms with E-state index in [4.69, 9.17) is 36.2 Å². The first-order valence-electron chi connectivity index (χ1n) is 20.7. The molecule has 10 rings (SSSR count). The number of hydrogen-bond donors (Lipinski definition) is 4. The predicted octanol–water partition coefficient (Wildman–Crippen LogP) is 5.72. The van der Waals surface area contributed by atoms with Gasteiger partial charge in [0.1, 0.15) is 38.6 Å². The number of ether oxygens (including phenoxy) is 2. The molecule has 4 aromatic carbocycles. The molecule has 24 heteroatoms. The lowest BCUT2D eigenvalue weighted by atomic mass is 9.80. The number of aryl methyl sites for hydroxylation is 2. The van der Waals surface area contributed by atoms with Crippen molar-refractivity contribution in [2.24, 2.45) is 14.1 Å². The van der Waals surface area contributed by atoms with E-state index in [1.165, 1.54) is 64.0 Å². The quantitative estimate of drug-likeness (QED) is 0.0949. The molecule has 0 spiro atoms. The van der Waals surface area contributed by atoms with Crippen LogP contribution in [0.15, 0.2) is 131 Å².